The molecule has 78 valence electrons. The Labute approximate surface area is 77.5 Å². The van der Waals surface area contributed by atoms with E-state index in [9.17, 15) is 13.2 Å². The molecule has 0 aliphatic heterocycles. The summed E-state index contributed by atoms with van der Waals surface area (Å²) < 4.78 is 38.3. The largest absolute Gasteiger partial charge is 0.394 e. The van der Waals surface area contributed by atoms with Crippen LogP contribution in [0.2, 0.25) is 0 Å². The average molecular weight is 194 g/mol. The number of hydrogen-bond acceptors (Lipinski definition) is 0. The molecule has 13 heavy (non-hydrogen) atoms. The minimum absolute atomic E-state index is 0.244. The van der Waals surface area contributed by atoms with Crippen LogP contribution in [0.25, 0.3) is 0 Å². The van der Waals surface area contributed by atoms with Crippen LogP contribution < -0.4 is 0 Å². The maximum atomic E-state index is 12.8. The first-order valence-corrected chi connectivity index (χ1v) is 4.98. The Bertz CT molecular complexity index is 169. The van der Waals surface area contributed by atoms with Gasteiger partial charge in [0.05, 0.1) is 5.41 Å². The molecule has 0 nitrogen and oxygen atoms in total. The summed E-state index contributed by atoms with van der Waals surface area (Å²) in [6.07, 6.45) is -1.64. The van der Waals surface area contributed by atoms with Crippen molar-refractivity contribution in [2.24, 2.45) is 11.3 Å². The van der Waals surface area contributed by atoms with Crippen molar-refractivity contribution in [1.29, 1.82) is 0 Å². The van der Waals surface area contributed by atoms with E-state index in [0.717, 1.165) is 6.42 Å². The highest BCUT2D eigenvalue weighted by atomic mass is 19.4. The van der Waals surface area contributed by atoms with Gasteiger partial charge < -0.3 is 0 Å². The van der Waals surface area contributed by atoms with Crippen molar-refractivity contribution in [3.8, 4) is 0 Å². The van der Waals surface area contributed by atoms with Gasteiger partial charge in [-0.3, -0.25) is 0 Å². The van der Waals surface area contributed by atoms with Crippen LogP contribution in [-0.4, -0.2) is 6.18 Å². The molecular weight excluding hydrogens is 177 g/mol. The molecule has 0 heterocycles. The molecule has 0 aromatic heterocycles. The molecule has 1 saturated carbocycles. The van der Waals surface area contributed by atoms with Crippen molar-refractivity contribution in [3.63, 3.8) is 0 Å². The van der Waals surface area contributed by atoms with Gasteiger partial charge in [0, 0.05) is 0 Å². The van der Waals surface area contributed by atoms with Crippen molar-refractivity contribution in [2.75, 3.05) is 0 Å². The van der Waals surface area contributed by atoms with E-state index in [1.165, 1.54) is 0 Å². The first-order chi connectivity index (χ1) is 5.91. The second-order valence-electron chi connectivity index (χ2n) is 4.38. The van der Waals surface area contributed by atoms with Gasteiger partial charge in [0.1, 0.15) is 0 Å². The van der Waals surface area contributed by atoms with Crippen LogP contribution in [0.1, 0.15) is 46.0 Å². The van der Waals surface area contributed by atoms with Crippen molar-refractivity contribution in [3.05, 3.63) is 0 Å². The monoisotopic (exact) mass is 194 g/mol. The van der Waals surface area contributed by atoms with Gasteiger partial charge in [-0.15, -0.1) is 0 Å². The van der Waals surface area contributed by atoms with E-state index in [-0.39, 0.29) is 5.92 Å². The summed E-state index contributed by atoms with van der Waals surface area (Å²) in [6.45, 7) is 3.75. The van der Waals surface area contributed by atoms with Crippen LogP contribution in [0.4, 0.5) is 13.2 Å². The van der Waals surface area contributed by atoms with Crippen LogP contribution in [0.3, 0.4) is 0 Å². The summed E-state index contributed by atoms with van der Waals surface area (Å²) in [5.41, 5.74) is -1.35. The van der Waals surface area contributed by atoms with Crippen molar-refractivity contribution >= 4 is 0 Å². The zero-order chi connectivity index (χ0) is 10.1. The molecule has 0 bridgehead atoms. The van der Waals surface area contributed by atoms with E-state index in [4.69, 9.17) is 0 Å². The Kier molecular flexibility index (Phi) is 2.93. The fourth-order valence-electron chi connectivity index (χ4n) is 2.50. The highest BCUT2D eigenvalue weighted by molar-refractivity contribution is 4.92. The Hall–Kier alpha value is -0.210. The van der Waals surface area contributed by atoms with Crippen LogP contribution in [0, 0.1) is 11.3 Å². The molecule has 0 aromatic carbocycles. The van der Waals surface area contributed by atoms with E-state index in [2.05, 4.69) is 0 Å². The van der Waals surface area contributed by atoms with Crippen molar-refractivity contribution in [2.45, 2.75) is 52.1 Å². The normalized spacial score (nSPS) is 35.3. The topological polar surface area (TPSA) is 0 Å². The van der Waals surface area contributed by atoms with Gasteiger partial charge in [-0.1, -0.05) is 20.3 Å². The van der Waals surface area contributed by atoms with Crippen LogP contribution >= 0.6 is 0 Å². The van der Waals surface area contributed by atoms with Gasteiger partial charge in [0.2, 0.25) is 0 Å². The van der Waals surface area contributed by atoms with Crippen molar-refractivity contribution < 1.29 is 13.2 Å². The highest BCUT2D eigenvalue weighted by Crippen LogP contribution is 2.55. The number of rotatable bonds is 2. The van der Waals surface area contributed by atoms with Crippen LogP contribution in [-0.2, 0) is 0 Å². The van der Waals surface area contributed by atoms with Crippen molar-refractivity contribution in [1.82, 2.24) is 0 Å². The summed E-state index contributed by atoms with van der Waals surface area (Å²) >= 11 is 0. The molecule has 1 fully saturated rings. The third-order valence-electron chi connectivity index (χ3n) is 3.18. The molecule has 0 amide bonds. The van der Waals surface area contributed by atoms with Gasteiger partial charge >= 0.3 is 6.18 Å². The first-order valence-electron chi connectivity index (χ1n) is 4.98. The quantitative estimate of drug-likeness (QED) is 0.619. The molecule has 0 N–H and O–H groups in total. The lowest BCUT2D eigenvalue weighted by Crippen LogP contribution is -2.35. The molecule has 2 unspecified atom stereocenters. The van der Waals surface area contributed by atoms with Gasteiger partial charge in [-0.2, -0.15) is 13.2 Å². The van der Waals surface area contributed by atoms with E-state index in [1.807, 2.05) is 13.8 Å². The molecule has 1 rings (SSSR count). The Morgan fingerprint density at radius 3 is 2.31 bits per heavy atom. The van der Waals surface area contributed by atoms with Crippen LogP contribution in [0.15, 0.2) is 0 Å². The molecule has 3 heteroatoms. The van der Waals surface area contributed by atoms with E-state index in [0.29, 0.717) is 25.7 Å². The predicted octanol–water partition coefficient (Wildman–Crippen LogP) is 4.16. The second kappa shape index (κ2) is 3.50. The van der Waals surface area contributed by atoms with Gasteiger partial charge in [0.25, 0.3) is 0 Å². The van der Waals surface area contributed by atoms with Gasteiger partial charge in [0.15, 0.2) is 0 Å². The average Bonchev–Trinajstić information content (AvgIpc) is 2.32. The Morgan fingerprint density at radius 2 is 2.00 bits per heavy atom. The van der Waals surface area contributed by atoms with Crippen LogP contribution in [0.5, 0.6) is 0 Å². The minimum atomic E-state index is -3.99. The predicted molar refractivity (Wildman–Crippen MR) is 46.4 cm³/mol. The lowest BCUT2D eigenvalue weighted by Gasteiger charge is -2.31. The number of alkyl halides is 3. The molecule has 1 aliphatic carbocycles. The molecule has 0 aromatic rings. The summed E-state index contributed by atoms with van der Waals surface area (Å²) in [5, 5.41) is 0. The molecule has 1 aliphatic rings. The summed E-state index contributed by atoms with van der Waals surface area (Å²) in [7, 11) is 0. The zero-order valence-corrected chi connectivity index (χ0v) is 8.25. The first kappa shape index (κ1) is 10.9. The molecule has 2 atom stereocenters. The maximum Gasteiger partial charge on any atom is 0.394 e. The third kappa shape index (κ3) is 2.00. The fraction of sp³-hybridized carbons (Fsp3) is 1.00. The molecule has 0 saturated heterocycles. The number of hydrogen-bond donors (Lipinski definition) is 0. The van der Waals surface area contributed by atoms with E-state index >= 15 is 0 Å². The second-order valence-corrected chi connectivity index (χ2v) is 4.38. The van der Waals surface area contributed by atoms with Gasteiger partial charge in [-0.25, -0.2) is 0 Å². The smallest absolute Gasteiger partial charge is 0.171 e. The van der Waals surface area contributed by atoms with E-state index < -0.39 is 11.6 Å². The summed E-state index contributed by atoms with van der Waals surface area (Å²) in [6, 6.07) is 0. The lowest BCUT2D eigenvalue weighted by molar-refractivity contribution is -0.225. The maximum absolute atomic E-state index is 12.8. The fourth-order valence-corrected chi connectivity index (χ4v) is 2.50. The number of halogens is 3. The molecule has 0 radical (unpaired) electrons. The Balaban J connectivity index is 2.77. The molecular formula is C10H17F3. The highest BCUT2D eigenvalue weighted by Gasteiger charge is 2.56. The summed E-state index contributed by atoms with van der Waals surface area (Å²) in [4.78, 5) is 0. The van der Waals surface area contributed by atoms with E-state index in [1.54, 1.807) is 0 Å². The summed E-state index contributed by atoms with van der Waals surface area (Å²) in [5.74, 6) is 0.244. The minimum Gasteiger partial charge on any atom is -0.171 e. The molecule has 0 spiro atoms. The standard InChI is InChI=1S/C10H17F3/c1-3-5-9(10(11,12)13)6-4-8(2)7-9/h8H,3-7H2,1-2H3. The SMILES string of the molecule is CCCC1(C(F)(F)F)CCC(C)C1. The third-order valence-corrected chi connectivity index (χ3v) is 3.18. The van der Waals surface area contributed by atoms with Gasteiger partial charge in [-0.05, 0) is 31.6 Å². The zero-order valence-electron chi connectivity index (χ0n) is 8.25. The Morgan fingerprint density at radius 1 is 1.38 bits per heavy atom. The lowest BCUT2D eigenvalue weighted by atomic mass is 9.80.